The largest absolute Gasteiger partial charge is 0.406 e. The third kappa shape index (κ3) is 3.03. The van der Waals surface area contributed by atoms with Crippen molar-refractivity contribution in [3.05, 3.63) is 46.5 Å². The van der Waals surface area contributed by atoms with E-state index >= 15 is 0 Å². The van der Waals surface area contributed by atoms with Gasteiger partial charge in [0.25, 0.3) is 0 Å². The zero-order valence-electron chi connectivity index (χ0n) is 11.0. The molecular weight excluding hydrogens is 354 g/mol. The van der Waals surface area contributed by atoms with Crippen LogP contribution in [0.2, 0.25) is 0 Å². The van der Waals surface area contributed by atoms with Crippen molar-refractivity contribution >= 4 is 33.2 Å². The summed E-state index contributed by atoms with van der Waals surface area (Å²) in [5, 5.41) is 4.34. The Kier molecular flexibility index (Phi) is 3.85. The quantitative estimate of drug-likeness (QED) is 0.666. The van der Waals surface area contributed by atoms with Crippen molar-refractivity contribution in [1.82, 2.24) is 14.8 Å². The molecule has 0 amide bonds. The van der Waals surface area contributed by atoms with E-state index in [1.165, 1.54) is 6.92 Å². The third-order valence-corrected chi connectivity index (χ3v) is 4.31. The van der Waals surface area contributed by atoms with Gasteiger partial charge in [-0.15, -0.1) is 16.4 Å². The molecular formula is C14H10BrN3O2S. The van der Waals surface area contributed by atoms with Crippen LogP contribution in [-0.2, 0) is 4.79 Å². The molecule has 21 heavy (non-hydrogen) atoms. The van der Waals surface area contributed by atoms with Crippen LogP contribution in [-0.4, -0.2) is 20.7 Å². The highest BCUT2D eigenvalue weighted by Gasteiger charge is 2.15. The van der Waals surface area contributed by atoms with E-state index in [1.54, 1.807) is 34.5 Å². The highest BCUT2D eigenvalue weighted by atomic mass is 79.9. The van der Waals surface area contributed by atoms with Crippen molar-refractivity contribution in [2.45, 2.75) is 6.92 Å². The Morgan fingerprint density at radius 1 is 1.29 bits per heavy atom. The van der Waals surface area contributed by atoms with Gasteiger partial charge < -0.3 is 4.74 Å². The lowest BCUT2D eigenvalue weighted by Crippen LogP contribution is -2.03. The number of carbonyl (C=O) groups excluding carboxylic acids is 1. The highest BCUT2D eigenvalue weighted by Crippen LogP contribution is 2.34. The Morgan fingerprint density at radius 2 is 2.05 bits per heavy atom. The lowest BCUT2D eigenvalue weighted by atomic mass is 10.3. The average Bonchev–Trinajstić information content (AvgIpc) is 3.05. The van der Waals surface area contributed by atoms with Crippen LogP contribution < -0.4 is 4.74 Å². The predicted molar refractivity (Wildman–Crippen MR) is 83.7 cm³/mol. The first-order chi connectivity index (χ1) is 10.1. The molecule has 106 valence electrons. The van der Waals surface area contributed by atoms with Crippen LogP contribution >= 0.6 is 27.3 Å². The fraction of sp³-hybridized carbons (Fsp3) is 0.0714. The van der Waals surface area contributed by atoms with Crippen LogP contribution in [0.3, 0.4) is 0 Å². The molecule has 0 aliphatic heterocycles. The molecule has 0 saturated heterocycles. The lowest BCUT2D eigenvalue weighted by Gasteiger charge is -2.04. The van der Waals surface area contributed by atoms with Crippen LogP contribution in [0.5, 0.6) is 5.88 Å². The van der Waals surface area contributed by atoms with Gasteiger partial charge in [0.05, 0.1) is 20.0 Å². The van der Waals surface area contributed by atoms with E-state index in [4.69, 9.17) is 4.74 Å². The fourth-order valence-corrected chi connectivity index (χ4v) is 3.25. The molecule has 3 rings (SSSR count). The summed E-state index contributed by atoms with van der Waals surface area (Å²) < 4.78 is 7.85. The Labute approximate surface area is 133 Å². The SMILES string of the molecule is CC(=O)Oc1cc(-c2ccc(Br)s2)n(-c2ccncc2)n1. The van der Waals surface area contributed by atoms with E-state index in [9.17, 15) is 4.79 Å². The van der Waals surface area contributed by atoms with Gasteiger partial charge in [0.15, 0.2) is 0 Å². The first-order valence-electron chi connectivity index (χ1n) is 6.08. The maximum atomic E-state index is 11.1. The maximum Gasteiger partial charge on any atom is 0.309 e. The van der Waals surface area contributed by atoms with Crippen molar-refractivity contribution in [3.63, 3.8) is 0 Å². The van der Waals surface area contributed by atoms with Gasteiger partial charge in [0.1, 0.15) is 0 Å². The van der Waals surface area contributed by atoms with E-state index in [2.05, 4.69) is 26.0 Å². The molecule has 5 nitrogen and oxygen atoms in total. The number of carbonyl (C=O) groups is 1. The van der Waals surface area contributed by atoms with Gasteiger partial charge in [-0.3, -0.25) is 9.78 Å². The van der Waals surface area contributed by atoms with E-state index in [1.807, 2.05) is 24.3 Å². The number of hydrogen-bond acceptors (Lipinski definition) is 5. The molecule has 0 aromatic carbocycles. The molecule has 3 heterocycles. The second-order valence-electron chi connectivity index (χ2n) is 4.18. The summed E-state index contributed by atoms with van der Waals surface area (Å²) in [6, 6.07) is 9.39. The molecule has 0 bridgehead atoms. The van der Waals surface area contributed by atoms with Gasteiger partial charge in [-0.25, -0.2) is 4.68 Å². The van der Waals surface area contributed by atoms with Crippen molar-refractivity contribution in [2.24, 2.45) is 0 Å². The zero-order valence-corrected chi connectivity index (χ0v) is 13.4. The van der Waals surface area contributed by atoms with E-state index in [0.717, 1.165) is 20.0 Å². The third-order valence-electron chi connectivity index (χ3n) is 2.67. The molecule has 0 unspecified atom stereocenters. The molecule has 0 spiro atoms. The molecule has 3 aromatic heterocycles. The topological polar surface area (TPSA) is 57.0 Å². The number of ether oxygens (including phenoxy) is 1. The van der Waals surface area contributed by atoms with Crippen LogP contribution in [0.25, 0.3) is 16.3 Å². The molecule has 0 radical (unpaired) electrons. The summed E-state index contributed by atoms with van der Waals surface area (Å²) in [6.07, 6.45) is 3.38. The minimum atomic E-state index is -0.395. The number of rotatable bonds is 3. The van der Waals surface area contributed by atoms with Crippen LogP contribution in [0.1, 0.15) is 6.92 Å². The van der Waals surface area contributed by atoms with Crippen molar-refractivity contribution in [3.8, 4) is 22.1 Å². The van der Waals surface area contributed by atoms with Gasteiger partial charge in [0.2, 0.25) is 5.88 Å². The molecule has 0 N–H and O–H groups in total. The van der Waals surface area contributed by atoms with Gasteiger partial charge in [-0.1, -0.05) is 0 Å². The minimum absolute atomic E-state index is 0.277. The monoisotopic (exact) mass is 363 g/mol. The normalized spacial score (nSPS) is 10.6. The maximum absolute atomic E-state index is 11.1. The molecule has 7 heteroatoms. The molecule has 0 fully saturated rings. The van der Waals surface area contributed by atoms with Gasteiger partial charge in [-0.2, -0.15) is 0 Å². The summed E-state index contributed by atoms with van der Waals surface area (Å²) in [6.45, 7) is 1.35. The summed E-state index contributed by atoms with van der Waals surface area (Å²) in [5.41, 5.74) is 1.70. The molecule has 0 atom stereocenters. The lowest BCUT2D eigenvalue weighted by molar-refractivity contribution is -0.132. The predicted octanol–water partition coefficient (Wildman–Crippen LogP) is 3.68. The van der Waals surface area contributed by atoms with E-state index < -0.39 is 5.97 Å². The molecule has 0 aliphatic carbocycles. The highest BCUT2D eigenvalue weighted by molar-refractivity contribution is 9.11. The van der Waals surface area contributed by atoms with Crippen molar-refractivity contribution in [1.29, 1.82) is 0 Å². The number of aromatic nitrogens is 3. The van der Waals surface area contributed by atoms with Gasteiger partial charge >= 0.3 is 5.97 Å². The number of hydrogen-bond donors (Lipinski definition) is 0. The van der Waals surface area contributed by atoms with E-state index in [0.29, 0.717) is 0 Å². The number of thiophene rings is 1. The zero-order chi connectivity index (χ0) is 14.8. The standard InChI is InChI=1S/C14H10BrN3O2S/c1-9(19)20-14-8-11(12-2-3-13(15)21-12)18(17-14)10-4-6-16-7-5-10/h2-8H,1H3. The number of esters is 1. The minimum Gasteiger partial charge on any atom is -0.406 e. The Balaban J connectivity index is 2.12. The fourth-order valence-electron chi connectivity index (χ4n) is 1.87. The summed E-state index contributed by atoms with van der Waals surface area (Å²) in [4.78, 5) is 16.1. The number of halogens is 1. The second kappa shape index (κ2) is 5.79. The molecule has 0 aliphatic rings. The summed E-state index contributed by atoms with van der Waals surface area (Å²) in [5.74, 6) is -0.118. The summed E-state index contributed by atoms with van der Waals surface area (Å²) in [7, 11) is 0. The Hall–Kier alpha value is -1.99. The Morgan fingerprint density at radius 3 is 2.67 bits per heavy atom. The van der Waals surface area contributed by atoms with Crippen molar-refractivity contribution in [2.75, 3.05) is 0 Å². The average molecular weight is 364 g/mol. The summed E-state index contributed by atoms with van der Waals surface area (Å²) >= 11 is 5.03. The van der Waals surface area contributed by atoms with Crippen LogP contribution in [0.4, 0.5) is 0 Å². The second-order valence-corrected chi connectivity index (χ2v) is 6.65. The molecule has 0 saturated carbocycles. The van der Waals surface area contributed by atoms with E-state index in [-0.39, 0.29) is 5.88 Å². The first kappa shape index (κ1) is 14.0. The van der Waals surface area contributed by atoms with Gasteiger partial charge in [0, 0.05) is 25.4 Å². The Bertz CT molecular complexity index is 783. The van der Waals surface area contributed by atoms with Crippen LogP contribution in [0.15, 0.2) is 46.5 Å². The van der Waals surface area contributed by atoms with Crippen molar-refractivity contribution < 1.29 is 9.53 Å². The smallest absolute Gasteiger partial charge is 0.309 e. The number of pyridine rings is 1. The number of nitrogens with zero attached hydrogens (tertiary/aromatic N) is 3. The first-order valence-corrected chi connectivity index (χ1v) is 7.69. The molecule has 3 aromatic rings. The van der Waals surface area contributed by atoms with Crippen LogP contribution in [0, 0.1) is 0 Å². The van der Waals surface area contributed by atoms with Gasteiger partial charge in [-0.05, 0) is 40.2 Å².